The lowest BCUT2D eigenvalue weighted by Gasteiger charge is -2.38. The first-order valence-corrected chi connectivity index (χ1v) is 7.99. The molecule has 0 aliphatic carbocycles. The van der Waals surface area contributed by atoms with E-state index in [4.69, 9.17) is 16.0 Å². The topological polar surface area (TPSA) is 36.6 Å². The molecule has 7 heteroatoms. The Morgan fingerprint density at radius 2 is 1.92 bits per heavy atom. The van der Waals surface area contributed by atoms with E-state index in [1.54, 1.807) is 12.5 Å². The number of hydrogen-bond donors (Lipinski definition) is 1. The minimum atomic E-state index is -4.54. The summed E-state index contributed by atoms with van der Waals surface area (Å²) in [5, 5.41) is 10.5. The zero-order valence-electron chi connectivity index (χ0n) is 12.8. The van der Waals surface area contributed by atoms with Crippen LogP contribution in [0, 0.1) is 0 Å². The van der Waals surface area contributed by atoms with Gasteiger partial charge in [0.05, 0.1) is 28.7 Å². The van der Waals surface area contributed by atoms with Gasteiger partial charge in [0.2, 0.25) is 0 Å². The van der Waals surface area contributed by atoms with Gasteiger partial charge < -0.3 is 9.52 Å². The number of benzene rings is 1. The minimum absolute atomic E-state index is 0.266. The lowest BCUT2D eigenvalue weighted by atomic mass is 9.83. The first-order chi connectivity index (χ1) is 11.3. The van der Waals surface area contributed by atoms with Crippen molar-refractivity contribution in [2.24, 2.45) is 0 Å². The third-order valence-corrected chi connectivity index (χ3v) is 4.81. The summed E-state index contributed by atoms with van der Waals surface area (Å²) >= 11 is 5.65. The van der Waals surface area contributed by atoms with E-state index < -0.39 is 17.3 Å². The molecule has 0 saturated carbocycles. The highest BCUT2D eigenvalue weighted by atomic mass is 35.5. The molecule has 3 nitrogen and oxygen atoms in total. The second-order valence-electron chi connectivity index (χ2n) is 6.13. The molecule has 0 radical (unpaired) electrons. The molecule has 1 aliphatic rings. The second kappa shape index (κ2) is 6.43. The first-order valence-electron chi connectivity index (χ1n) is 7.61. The molecule has 0 amide bonds. The number of hydrogen-bond acceptors (Lipinski definition) is 3. The highest BCUT2D eigenvalue weighted by Gasteiger charge is 2.38. The van der Waals surface area contributed by atoms with E-state index in [0.29, 0.717) is 32.5 Å². The van der Waals surface area contributed by atoms with Crippen molar-refractivity contribution in [3.05, 3.63) is 58.5 Å². The summed E-state index contributed by atoms with van der Waals surface area (Å²) in [7, 11) is 0. The molecule has 1 aromatic heterocycles. The predicted octanol–water partition coefficient (Wildman–Crippen LogP) is 4.44. The Morgan fingerprint density at radius 3 is 2.50 bits per heavy atom. The number of halogens is 4. The minimum Gasteiger partial charge on any atom is -0.472 e. The normalized spacial score (nSPS) is 18.7. The summed E-state index contributed by atoms with van der Waals surface area (Å²) in [6.45, 7) is 1.87. The number of alkyl halides is 3. The van der Waals surface area contributed by atoms with E-state index in [2.05, 4.69) is 4.90 Å². The van der Waals surface area contributed by atoms with Crippen LogP contribution in [0.25, 0.3) is 0 Å². The fraction of sp³-hybridized carbons (Fsp3) is 0.412. The average Bonchev–Trinajstić information content (AvgIpc) is 3.02. The largest absolute Gasteiger partial charge is 0.472 e. The van der Waals surface area contributed by atoms with Crippen molar-refractivity contribution in [3.8, 4) is 0 Å². The van der Waals surface area contributed by atoms with E-state index >= 15 is 0 Å². The van der Waals surface area contributed by atoms with Crippen molar-refractivity contribution < 1.29 is 22.7 Å². The Balaban J connectivity index is 1.73. The third kappa shape index (κ3) is 3.61. The number of aliphatic hydroxyl groups is 1. The Bertz CT molecular complexity index is 692. The summed E-state index contributed by atoms with van der Waals surface area (Å²) in [5.74, 6) is 0. The lowest BCUT2D eigenvalue weighted by Crippen LogP contribution is -2.42. The Labute approximate surface area is 142 Å². The van der Waals surface area contributed by atoms with Crippen LogP contribution in [0.4, 0.5) is 13.2 Å². The number of nitrogens with zero attached hydrogens (tertiary/aromatic N) is 1. The van der Waals surface area contributed by atoms with Crippen molar-refractivity contribution >= 4 is 11.6 Å². The molecular weight excluding hydrogens is 343 g/mol. The SMILES string of the molecule is OC1(c2ccc(Cl)c(C(F)(F)F)c2)CCN(Cc2ccoc2)CC1. The molecule has 1 saturated heterocycles. The molecule has 0 atom stereocenters. The highest BCUT2D eigenvalue weighted by Crippen LogP contribution is 2.40. The first kappa shape index (κ1) is 17.3. The van der Waals surface area contributed by atoms with Gasteiger partial charge in [0.15, 0.2) is 0 Å². The predicted molar refractivity (Wildman–Crippen MR) is 83.6 cm³/mol. The van der Waals surface area contributed by atoms with Gasteiger partial charge in [-0.05, 0) is 36.6 Å². The number of furan rings is 1. The summed E-state index contributed by atoms with van der Waals surface area (Å²) in [4.78, 5) is 2.14. The van der Waals surface area contributed by atoms with Crippen LogP contribution in [0.3, 0.4) is 0 Å². The van der Waals surface area contributed by atoms with Crippen LogP contribution in [-0.2, 0) is 18.3 Å². The maximum absolute atomic E-state index is 13.0. The van der Waals surface area contributed by atoms with Crippen LogP contribution in [-0.4, -0.2) is 23.1 Å². The summed E-state index contributed by atoms with van der Waals surface area (Å²) < 4.78 is 44.1. The second-order valence-corrected chi connectivity index (χ2v) is 6.54. The fourth-order valence-corrected chi connectivity index (χ4v) is 3.27. The highest BCUT2D eigenvalue weighted by molar-refractivity contribution is 6.31. The Hall–Kier alpha value is -1.50. The van der Waals surface area contributed by atoms with Crippen molar-refractivity contribution in [2.45, 2.75) is 31.2 Å². The lowest BCUT2D eigenvalue weighted by molar-refractivity contribution is -0.137. The van der Waals surface area contributed by atoms with Crippen LogP contribution in [0.5, 0.6) is 0 Å². The van der Waals surface area contributed by atoms with Gasteiger partial charge in [-0.3, -0.25) is 4.90 Å². The van der Waals surface area contributed by atoms with Crippen molar-refractivity contribution in [3.63, 3.8) is 0 Å². The van der Waals surface area contributed by atoms with Crippen LogP contribution >= 0.6 is 11.6 Å². The van der Waals surface area contributed by atoms with Gasteiger partial charge in [-0.2, -0.15) is 13.2 Å². The van der Waals surface area contributed by atoms with Crippen molar-refractivity contribution in [1.29, 1.82) is 0 Å². The van der Waals surface area contributed by atoms with Gasteiger partial charge in [-0.25, -0.2) is 0 Å². The molecule has 24 heavy (non-hydrogen) atoms. The molecule has 2 aromatic rings. The smallest absolute Gasteiger partial charge is 0.417 e. The molecule has 0 unspecified atom stereocenters. The molecule has 130 valence electrons. The van der Waals surface area contributed by atoms with E-state index in [-0.39, 0.29) is 10.6 Å². The molecule has 2 heterocycles. The van der Waals surface area contributed by atoms with Gasteiger partial charge >= 0.3 is 6.18 Å². The standard InChI is InChI=1S/C17H17ClF3NO2/c18-15-2-1-13(9-14(15)17(19,20)21)16(23)4-6-22(7-5-16)10-12-3-8-24-11-12/h1-3,8-9,11,23H,4-7,10H2. The summed E-state index contributed by atoms with van der Waals surface area (Å²) in [6, 6.07) is 5.52. The van der Waals surface area contributed by atoms with Gasteiger partial charge in [-0.1, -0.05) is 17.7 Å². The van der Waals surface area contributed by atoms with Gasteiger partial charge in [0.1, 0.15) is 0 Å². The van der Waals surface area contributed by atoms with Gasteiger partial charge in [0.25, 0.3) is 0 Å². The Kier molecular flexibility index (Phi) is 4.64. The molecule has 1 fully saturated rings. The van der Waals surface area contributed by atoms with E-state index in [0.717, 1.165) is 11.6 Å². The van der Waals surface area contributed by atoms with E-state index in [9.17, 15) is 18.3 Å². The monoisotopic (exact) mass is 359 g/mol. The van der Waals surface area contributed by atoms with Crippen molar-refractivity contribution in [1.82, 2.24) is 4.90 Å². The number of likely N-dealkylation sites (tertiary alicyclic amines) is 1. The van der Waals surface area contributed by atoms with Crippen LogP contribution in [0.15, 0.2) is 41.2 Å². The molecular formula is C17H17ClF3NO2. The number of piperidine rings is 1. The molecule has 1 N–H and O–H groups in total. The molecule has 1 aliphatic heterocycles. The molecule has 3 rings (SSSR count). The number of rotatable bonds is 3. The zero-order chi connectivity index (χ0) is 17.4. The van der Waals surface area contributed by atoms with Crippen LogP contribution in [0.1, 0.15) is 29.5 Å². The molecule has 0 bridgehead atoms. The maximum Gasteiger partial charge on any atom is 0.417 e. The average molecular weight is 360 g/mol. The van der Waals surface area contributed by atoms with E-state index in [1.807, 2.05) is 6.07 Å². The summed E-state index contributed by atoms with van der Waals surface area (Å²) in [6.07, 6.45) is -0.545. The van der Waals surface area contributed by atoms with Crippen LogP contribution < -0.4 is 0 Å². The quantitative estimate of drug-likeness (QED) is 0.880. The third-order valence-electron chi connectivity index (χ3n) is 4.48. The molecule has 1 aromatic carbocycles. The summed E-state index contributed by atoms with van der Waals surface area (Å²) in [5.41, 5.74) is -0.873. The fourth-order valence-electron chi connectivity index (χ4n) is 3.04. The maximum atomic E-state index is 13.0. The zero-order valence-corrected chi connectivity index (χ0v) is 13.6. The van der Waals surface area contributed by atoms with Gasteiger partial charge in [0, 0.05) is 25.2 Å². The molecule has 0 spiro atoms. The van der Waals surface area contributed by atoms with Crippen LogP contribution in [0.2, 0.25) is 5.02 Å². The van der Waals surface area contributed by atoms with Crippen molar-refractivity contribution in [2.75, 3.05) is 13.1 Å². The Morgan fingerprint density at radius 1 is 1.21 bits per heavy atom. The van der Waals surface area contributed by atoms with Gasteiger partial charge in [-0.15, -0.1) is 0 Å². The van der Waals surface area contributed by atoms with E-state index in [1.165, 1.54) is 12.1 Å².